The van der Waals surface area contributed by atoms with Crippen molar-refractivity contribution in [1.82, 2.24) is 0 Å². The third-order valence-corrected chi connectivity index (χ3v) is 4.88. The maximum atomic E-state index is 11.3. The topological polar surface area (TPSA) is 20.2 Å². The van der Waals surface area contributed by atoms with Crippen molar-refractivity contribution in [3.8, 4) is 0 Å². The molecule has 1 spiro atoms. The lowest BCUT2D eigenvalue weighted by atomic mass is 9.67. The van der Waals surface area contributed by atoms with Crippen molar-refractivity contribution in [1.29, 1.82) is 0 Å². The van der Waals surface area contributed by atoms with Crippen LogP contribution in [0.25, 0.3) is 0 Å². The third kappa shape index (κ3) is 8.23. The number of hydrogen-bond acceptors (Lipinski definition) is 1. The molecule has 0 aromatic heterocycles. The maximum absolute atomic E-state index is 11.3. The highest BCUT2D eigenvalue weighted by Gasteiger charge is 2.45. The van der Waals surface area contributed by atoms with Gasteiger partial charge in [-0.25, -0.2) is 0 Å². The summed E-state index contributed by atoms with van der Waals surface area (Å²) in [5.74, 6) is 1.00. The highest BCUT2D eigenvalue weighted by molar-refractivity contribution is 4.94. The lowest BCUT2D eigenvalue weighted by Crippen LogP contribution is -2.38. The fourth-order valence-electron chi connectivity index (χ4n) is 3.01. The molecule has 1 nitrogen and oxygen atoms in total. The van der Waals surface area contributed by atoms with Gasteiger partial charge in [0.2, 0.25) is 0 Å². The summed E-state index contributed by atoms with van der Waals surface area (Å²) in [5, 5.41) is 8.23. The molecule has 0 saturated heterocycles. The normalized spacial score (nSPS) is 21.6. The minimum atomic E-state index is -4.51. The van der Waals surface area contributed by atoms with E-state index in [2.05, 4.69) is 19.1 Å². The third-order valence-electron chi connectivity index (χ3n) is 4.88. The molecule has 0 atom stereocenters. The molecule has 2 aliphatic carbocycles. The summed E-state index contributed by atoms with van der Waals surface area (Å²) in [5.41, 5.74) is -1.80. The van der Waals surface area contributed by atoms with Gasteiger partial charge in [0.15, 0.2) is 5.60 Å². The molecule has 0 heterocycles. The molecule has 0 amide bonds. The molecule has 4 heteroatoms. The van der Waals surface area contributed by atoms with Crippen LogP contribution in [0.5, 0.6) is 0 Å². The van der Waals surface area contributed by atoms with E-state index in [4.69, 9.17) is 5.11 Å². The van der Waals surface area contributed by atoms with Gasteiger partial charge in [-0.05, 0) is 63.7 Å². The van der Waals surface area contributed by atoms with Crippen LogP contribution >= 0.6 is 0 Å². The quantitative estimate of drug-likeness (QED) is 0.490. The van der Waals surface area contributed by atoms with Crippen LogP contribution in [0.4, 0.5) is 13.2 Å². The first-order valence-electron chi connectivity index (χ1n) is 9.00. The lowest BCUT2D eigenvalue weighted by Gasteiger charge is -2.39. The lowest BCUT2D eigenvalue weighted by molar-refractivity contribution is -0.245. The van der Waals surface area contributed by atoms with E-state index in [1.165, 1.54) is 51.4 Å². The van der Waals surface area contributed by atoms with Gasteiger partial charge in [-0.2, -0.15) is 13.2 Å². The molecule has 23 heavy (non-hydrogen) atoms. The number of aliphatic hydroxyl groups is 1. The van der Waals surface area contributed by atoms with E-state index in [-0.39, 0.29) is 0 Å². The number of halogens is 3. The molecule has 1 N–H and O–H groups in total. The summed E-state index contributed by atoms with van der Waals surface area (Å²) in [6, 6.07) is 0. The Balaban J connectivity index is 0.000000421. The molecule has 0 aromatic rings. The molecule has 2 aliphatic rings. The van der Waals surface area contributed by atoms with Crippen LogP contribution in [-0.2, 0) is 0 Å². The average molecular weight is 336 g/mol. The number of allylic oxidation sites excluding steroid dienone is 2. The van der Waals surface area contributed by atoms with Gasteiger partial charge in [0.1, 0.15) is 0 Å². The fourth-order valence-corrected chi connectivity index (χ4v) is 3.01. The van der Waals surface area contributed by atoms with E-state index in [0.717, 1.165) is 11.3 Å². The van der Waals surface area contributed by atoms with Crippen molar-refractivity contribution in [2.45, 2.75) is 97.8 Å². The van der Waals surface area contributed by atoms with Gasteiger partial charge in [0, 0.05) is 0 Å². The Morgan fingerprint density at radius 1 is 0.913 bits per heavy atom. The SMILES string of the molecule is CC.CC(C)(O)C(F)(F)F.CC1CCC2(CCC=CCC2)CC1. The van der Waals surface area contributed by atoms with Crippen molar-refractivity contribution in [2.24, 2.45) is 11.3 Å². The number of alkyl halides is 3. The van der Waals surface area contributed by atoms with E-state index >= 15 is 0 Å². The van der Waals surface area contributed by atoms with Crippen molar-refractivity contribution < 1.29 is 18.3 Å². The Morgan fingerprint density at radius 2 is 1.26 bits per heavy atom. The second-order valence-electron chi connectivity index (χ2n) is 7.29. The smallest absolute Gasteiger partial charge is 0.381 e. The van der Waals surface area contributed by atoms with Crippen LogP contribution in [0.1, 0.15) is 86.0 Å². The number of hydrogen-bond donors (Lipinski definition) is 1. The summed E-state index contributed by atoms with van der Waals surface area (Å²) < 4.78 is 33.9. The Bertz CT molecular complexity index is 308. The zero-order valence-corrected chi connectivity index (χ0v) is 15.5. The Hall–Kier alpha value is -0.510. The summed E-state index contributed by atoms with van der Waals surface area (Å²) in [7, 11) is 0. The molecule has 1 fully saturated rings. The molecular weight excluding hydrogens is 301 g/mol. The highest BCUT2D eigenvalue weighted by atomic mass is 19.4. The molecule has 2 rings (SSSR count). The first-order valence-corrected chi connectivity index (χ1v) is 9.00. The van der Waals surface area contributed by atoms with Crippen molar-refractivity contribution in [2.75, 3.05) is 0 Å². The van der Waals surface area contributed by atoms with Crippen LogP contribution in [0.3, 0.4) is 0 Å². The van der Waals surface area contributed by atoms with E-state index in [9.17, 15) is 13.2 Å². The fraction of sp³-hybridized carbons (Fsp3) is 0.895. The second-order valence-corrected chi connectivity index (χ2v) is 7.29. The molecule has 0 bridgehead atoms. The summed E-state index contributed by atoms with van der Waals surface area (Å²) in [6.45, 7) is 7.82. The Kier molecular flexibility index (Phi) is 9.49. The van der Waals surface area contributed by atoms with Crippen LogP contribution in [0, 0.1) is 11.3 Å². The average Bonchev–Trinajstić information content (AvgIpc) is 2.69. The molecule has 1 saturated carbocycles. The summed E-state index contributed by atoms with van der Waals surface area (Å²) in [4.78, 5) is 0. The zero-order chi connectivity index (χ0) is 18.1. The zero-order valence-electron chi connectivity index (χ0n) is 15.5. The van der Waals surface area contributed by atoms with Crippen molar-refractivity contribution in [3.63, 3.8) is 0 Å². The van der Waals surface area contributed by atoms with Gasteiger partial charge in [-0.3, -0.25) is 0 Å². The Morgan fingerprint density at radius 3 is 1.57 bits per heavy atom. The standard InChI is InChI=1S/C13H22.C4H7F3O.C2H6/c1-12-6-10-13(11-7-12)8-4-2-3-5-9-13;1-3(2,8)4(5,6)7;1-2/h2-3,12H,4-11H2,1H3;8H,1-2H3;1-2H3. The van der Waals surface area contributed by atoms with Crippen LogP contribution in [0.15, 0.2) is 12.2 Å². The van der Waals surface area contributed by atoms with Crippen molar-refractivity contribution in [3.05, 3.63) is 12.2 Å². The predicted molar refractivity (Wildman–Crippen MR) is 91.4 cm³/mol. The van der Waals surface area contributed by atoms with E-state index in [1.54, 1.807) is 0 Å². The minimum Gasteiger partial charge on any atom is -0.381 e. The van der Waals surface area contributed by atoms with Crippen LogP contribution in [-0.4, -0.2) is 16.9 Å². The van der Waals surface area contributed by atoms with Gasteiger partial charge >= 0.3 is 6.18 Å². The van der Waals surface area contributed by atoms with E-state index in [0.29, 0.717) is 13.8 Å². The first kappa shape index (κ1) is 22.5. The predicted octanol–water partition coefficient (Wildman–Crippen LogP) is 6.66. The second kappa shape index (κ2) is 9.71. The van der Waals surface area contributed by atoms with Gasteiger partial charge in [0.05, 0.1) is 0 Å². The molecule has 0 unspecified atom stereocenters. The molecular formula is C19H35F3O. The summed E-state index contributed by atoms with van der Waals surface area (Å²) in [6.07, 6.45) is 11.9. The summed E-state index contributed by atoms with van der Waals surface area (Å²) >= 11 is 0. The molecule has 138 valence electrons. The monoisotopic (exact) mass is 336 g/mol. The van der Waals surface area contributed by atoms with Crippen molar-refractivity contribution >= 4 is 0 Å². The largest absolute Gasteiger partial charge is 0.416 e. The van der Waals surface area contributed by atoms with Gasteiger partial charge in [-0.15, -0.1) is 0 Å². The van der Waals surface area contributed by atoms with Crippen LogP contribution < -0.4 is 0 Å². The minimum absolute atomic E-state index is 0.701. The van der Waals surface area contributed by atoms with Crippen LogP contribution in [0.2, 0.25) is 0 Å². The van der Waals surface area contributed by atoms with Gasteiger partial charge in [-0.1, -0.05) is 45.8 Å². The highest BCUT2D eigenvalue weighted by Crippen LogP contribution is 2.46. The van der Waals surface area contributed by atoms with E-state index in [1.807, 2.05) is 13.8 Å². The Labute approximate surface area is 140 Å². The number of rotatable bonds is 0. The maximum Gasteiger partial charge on any atom is 0.416 e. The van der Waals surface area contributed by atoms with Gasteiger partial charge < -0.3 is 5.11 Å². The van der Waals surface area contributed by atoms with E-state index < -0.39 is 11.8 Å². The van der Waals surface area contributed by atoms with Gasteiger partial charge in [0.25, 0.3) is 0 Å². The molecule has 0 aliphatic heterocycles. The first-order chi connectivity index (χ1) is 10.6. The molecule has 0 radical (unpaired) electrons. The molecule has 0 aromatic carbocycles.